The molecule has 1 saturated heterocycles. The van der Waals surface area contributed by atoms with E-state index in [-0.39, 0.29) is 17.3 Å². The van der Waals surface area contributed by atoms with Gasteiger partial charge in [0.15, 0.2) is 0 Å². The van der Waals surface area contributed by atoms with Gasteiger partial charge in [-0.1, -0.05) is 79.6 Å². The Labute approximate surface area is 208 Å². The number of carbonyl (C=O) groups is 1. The average Bonchev–Trinajstić information content (AvgIpc) is 3.16. The van der Waals surface area contributed by atoms with E-state index in [1.807, 2.05) is 60.7 Å². The molecule has 1 N–H and O–H groups in total. The summed E-state index contributed by atoms with van der Waals surface area (Å²) in [5, 5.41) is 2.91. The minimum Gasteiger partial charge on any atom is -0.325 e. The van der Waals surface area contributed by atoms with E-state index in [0.717, 1.165) is 36.8 Å². The summed E-state index contributed by atoms with van der Waals surface area (Å²) in [7, 11) is -3.58. The molecule has 184 valence electrons. The number of amides is 1. The van der Waals surface area contributed by atoms with Crippen molar-refractivity contribution in [3.8, 4) is 0 Å². The SMILES string of the molecule is O=C(CN(Cc1ccccc1)Cc1ccccc1)Nc1cccc(S(=O)(=O)N2CCCCCC2)c1. The molecule has 0 bridgehead atoms. The lowest BCUT2D eigenvalue weighted by Crippen LogP contribution is -2.33. The highest BCUT2D eigenvalue weighted by Gasteiger charge is 2.25. The van der Waals surface area contributed by atoms with Gasteiger partial charge in [-0.25, -0.2) is 8.42 Å². The van der Waals surface area contributed by atoms with Gasteiger partial charge in [-0.15, -0.1) is 0 Å². The first-order valence-corrected chi connectivity index (χ1v) is 13.6. The van der Waals surface area contributed by atoms with Crippen molar-refractivity contribution in [2.75, 3.05) is 25.0 Å². The van der Waals surface area contributed by atoms with Gasteiger partial charge in [0.1, 0.15) is 0 Å². The lowest BCUT2D eigenvalue weighted by molar-refractivity contribution is -0.117. The normalized spacial score (nSPS) is 15.0. The number of rotatable bonds is 9. The Morgan fingerprint density at radius 3 is 1.91 bits per heavy atom. The number of nitrogens with one attached hydrogen (secondary N) is 1. The molecule has 7 heteroatoms. The standard InChI is InChI=1S/C28H33N3O3S/c32-28(23-30(21-24-12-5-3-6-13-24)22-25-14-7-4-8-15-25)29-26-16-11-17-27(20-26)35(33,34)31-18-9-1-2-10-19-31/h3-8,11-17,20H,1-2,9-10,18-19,21-23H2,(H,29,32). The number of sulfonamides is 1. The molecule has 3 aromatic carbocycles. The van der Waals surface area contributed by atoms with Crippen LogP contribution in [0.2, 0.25) is 0 Å². The second-order valence-electron chi connectivity index (χ2n) is 9.01. The van der Waals surface area contributed by atoms with E-state index in [1.54, 1.807) is 28.6 Å². The molecule has 6 nitrogen and oxygen atoms in total. The fourth-order valence-electron chi connectivity index (χ4n) is 4.42. The van der Waals surface area contributed by atoms with Crippen LogP contribution in [0, 0.1) is 0 Å². The molecule has 1 aliphatic rings. The van der Waals surface area contributed by atoms with Crippen LogP contribution in [-0.4, -0.2) is 43.2 Å². The van der Waals surface area contributed by atoms with Crippen molar-refractivity contribution < 1.29 is 13.2 Å². The number of nitrogens with zero attached hydrogens (tertiary/aromatic N) is 2. The predicted molar refractivity (Wildman–Crippen MR) is 139 cm³/mol. The maximum atomic E-state index is 13.2. The van der Waals surface area contributed by atoms with Crippen LogP contribution < -0.4 is 5.32 Å². The number of hydrogen-bond acceptors (Lipinski definition) is 4. The fraction of sp³-hybridized carbons (Fsp3) is 0.321. The summed E-state index contributed by atoms with van der Waals surface area (Å²) in [5.41, 5.74) is 2.74. The van der Waals surface area contributed by atoms with Crippen LogP contribution in [0.4, 0.5) is 5.69 Å². The molecule has 1 heterocycles. The third-order valence-electron chi connectivity index (χ3n) is 6.19. The Morgan fingerprint density at radius 2 is 1.34 bits per heavy atom. The van der Waals surface area contributed by atoms with E-state index in [4.69, 9.17) is 0 Å². The van der Waals surface area contributed by atoms with Crippen LogP contribution >= 0.6 is 0 Å². The van der Waals surface area contributed by atoms with E-state index >= 15 is 0 Å². The van der Waals surface area contributed by atoms with Gasteiger partial charge < -0.3 is 5.32 Å². The zero-order chi connectivity index (χ0) is 24.5. The monoisotopic (exact) mass is 491 g/mol. The van der Waals surface area contributed by atoms with Crippen molar-refractivity contribution in [2.24, 2.45) is 0 Å². The van der Waals surface area contributed by atoms with Crippen LogP contribution in [-0.2, 0) is 27.9 Å². The van der Waals surface area contributed by atoms with Crippen molar-refractivity contribution in [3.63, 3.8) is 0 Å². The molecule has 0 atom stereocenters. The van der Waals surface area contributed by atoms with Gasteiger partial charge in [0, 0.05) is 31.9 Å². The maximum Gasteiger partial charge on any atom is 0.243 e. The van der Waals surface area contributed by atoms with Crippen molar-refractivity contribution >= 4 is 21.6 Å². The number of hydrogen-bond donors (Lipinski definition) is 1. The molecule has 0 unspecified atom stereocenters. The largest absolute Gasteiger partial charge is 0.325 e. The Morgan fingerprint density at radius 1 is 0.771 bits per heavy atom. The zero-order valence-electron chi connectivity index (χ0n) is 20.0. The van der Waals surface area contributed by atoms with Crippen molar-refractivity contribution in [2.45, 2.75) is 43.7 Å². The van der Waals surface area contributed by atoms with Crippen molar-refractivity contribution in [1.82, 2.24) is 9.21 Å². The molecule has 3 aromatic rings. The minimum absolute atomic E-state index is 0.179. The molecule has 1 fully saturated rings. The first-order valence-electron chi connectivity index (χ1n) is 12.2. The van der Waals surface area contributed by atoms with Crippen molar-refractivity contribution in [3.05, 3.63) is 96.1 Å². The van der Waals surface area contributed by atoms with E-state index < -0.39 is 10.0 Å². The molecule has 0 aromatic heterocycles. The molecular formula is C28H33N3O3S. The van der Waals surface area contributed by atoms with Gasteiger partial charge in [-0.2, -0.15) is 4.31 Å². The molecule has 0 saturated carbocycles. The average molecular weight is 492 g/mol. The van der Waals surface area contributed by atoms with Gasteiger partial charge in [0.05, 0.1) is 11.4 Å². The molecule has 35 heavy (non-hydrogen) atoms. The number of benzene rings is 3. The van der Waals surface area contributed by atoms with Crippen LogP contribution in [0.3, 0.4) is 0 Å². The van der Waals surface area contributed by atoms with Gasteiger partial charge in [0.25, 0.3) is 0 Å². The molecule has 0 spiro atoms. The summed E-state index contributed by atoms with van der Waals surface area (Å²) < 4.78 is 27.9. The summed E-state index contributed by atoms with van der Waals surface area (Å²) in [6.45, 7) is 2.55. The topological polar surface area (TPSA) is 69.7 Å². The highest BCUT2D eigenvalue weighted by Crippen LogP contribution is 2.23. The van der Waals surface area contributed by atoms with E-state index in [1.165, 1.54) is 0 Å². The van der Waals surface area contributed by atoms with Crippen LogP contribution in [0.5, 0.6) is 0 Å². The summed E-state index contributed by atoms with van der Waals surface area (Å²) in [6, 6.07) is 26.7. The first-order chi connectivity index (χ1) is 17.0. The Hall–Kier alpha value is -3.00. The first kappa shape index (κ1) is 25.1. The lowest BCUT2D eigenvalue weighted by atomic mass is 10.1. The number of anilines is 1. The molecule has 0 aliphatic carbocycles. The fourth-order valence-corrected chi connectivity index (χ4v) is 5.98. The zero-order valence-corrected chi connectivity index (χ0v) is 20.8. The second-order valence-corrected chi connectivity index (χ2v) is 10.9. The lowest BCUT2D eigenvalue weighted by Gasteiger charge is -2.22. The van der Waals surface area contributed by atoms with Gasteiger partial charge in [-0.3, -0.25) is 9.69 Å². The van der Waals surface area contributed by atoms with Gasteiger partial charge in [0.2, 0.25) is 15.9 Å². The Bertz CT molecular complexity index is 1150. The summed E-state index contributed by atoms with van der Waals surface area (Å²) in [6.07, 6.45) is 3.89. The predicted octanol–water partition coefficient (Wildman–Crippen LogP) is 4.89. The van der Waals surface area contributed by atoms with E-state index in [0.29, 0.717) is 31.9 Å². The molecule has 0 radical (unpaired) electrons. The number of carbonyl (C=O) groups excluding carboxylic acids is 1. The maximum absolute atomic E-state index is 13.2. The minimum atomic E-state index is -3.58. The molecule has 1 aliphatic heterocycles. The van der Waals surface area contributed by atoms with Crippen LogP contribution in [0.1, 0.15) is 36.8 Å². The Kier molecular flexibility index (Phi) is 8.69. The molecule has 4 rings (SSSR count). The van der Waals surface area contributed by atoms with E-state index in [2.05, 4.69) is 10.2 Å². The second kappa shape index (κ2) is 12.1. The van der Waals surface area contributed by atoms with Crippen LogP contribution in [0.25, 0.3) is 0 Å². The molecule has 1 amide bonds. The highest BCUT2D eigenvalue weighted by molar-refractivity contribution is 7.89. The quantitative estimate of drug-likeness (QED) is 0.463. The van der Waals surface area contributed by atoms with Crippen molar-refractivity contribution in [1.29, 1.82) is 0 Å². The molecular weight excluding hydrogens is 458 g/mol. The van der Waals surface area contributed by atoms with E-state index in [9.17, 15) is 13.2 Å². The summed E-state index contributed by atoms with van der Waals surface area (Å²) >= 11 is 0. The third kappa shape index (κ3) is 7.24. The van der Waals surface area contributed by atoms with Gasteiger partial charge >= 0.3 is 0 Å². The summed E-state index contributed by atoms with van der Waals surface area (Å²) in [5.74, 6) is -0.179. The third-order valence-corrected chi connectivity index (χ3v) is 8.08. The Balaban J connectivity index is 1.45. The van der Waals surface area contributed by atoms with Crippen LogP contribution in [0.15, 0.2) is 89.8 Å². The summed E-state index contributed by atoms with van der Waals surface area (Å²) in [4.78, 5) is 15.3. The smallest absolute Gasteiger partial charge is 0.243 e. The van der Waals surface area contributed by atoms with Gasteiger partial charge in [-0.05, 0) is 42.2 Å². The highest BCUT2D eigenvalue weighted by atomic mass is 32.2.